The second-order valence-electron chi connectivity index (χ2n) is 3.90. The topological polar surface area (TPSA) is 46.1 Å². The fourth-order valence-corrected chi connectivity index (χ4v) is 1.49. The first kappa shape index (κ1) is 11.3. The van der Waals surface area contributed by atoms with Crippen LogP contribution >= 0.6 is 0 Å². The molecule has 0 saturated heterocycles. The van der Waals surface area contributed by atoms with Gasteiger partial charge in [0.05, 0.1) is 5.56 Å². The average Bonchev–Trinajstić information content (AvgIpc) is 2.39. The van der Waals surface area contributed by atoms with Crippen molar-refractivity contribution in [3.8, 4) is 0 Å². The average molecular weight is 227 g/mol. The second-order valence-corrected chi connectivity index (χ2v) is 3.90. The molecule has 0 radical (unpaired) electrons. The Hall–Kier alpha value is -2.23. The first-order valence-corrected chi connectivity index (χ1v) is 5.25. The zero-order valence-electron chi connectivity index (χ0n) is 9.79. The summed E-state index contributed by atoms with van der Waals surface area (Å²) in [6, 6.07) is 7.45. The van der Waals surface area contributed by atoms with E-state index >= 15 is 0 Å². The van der Waals surface area contributed by atoms with E-state index in [1.807, 2.05) is 43.3 Å². The number of anilines is 1. The standard InChI is InChI=1S/C13H13N3O/c1-16(2)12-5-3-10(4-6-12)13(17)11-7-14-9-15-8-11/h3-9H,1-2H3. The van der Waals surface area contributed by atoms with Crippen molar-refractivity contribution < 1.29 is 4.79 Å². The van der Waals surface area contributed by atoms with Crippen LogP contribution in [0.3, 0.4) is 0 Å². The SMILES string of the molecule is CN(C)c1ccc(C(=O)c2cncnc2)cc1. The summed E-state index contributed by atoms with van der Waals surface area (Å²) in [6.45, 7) is 0. The highest BCUT2D eigenvalue weighted by Crippen LogP contribution is 2.14. The van der Waals surface area contributed by atoms with Gasteiger partial charge in [-0.1, -0.05) is 0 Å². The van der Waals surface area contributed by atoms with E-state index in [2.05, 4.69) is 9.97 Å². The van der Waals surface area contributed by atoms with Gasteiger partial charge in [0, 0.05) is 37.7 Å². The van der Waals surface area contributed by atoms with Crippen molar-refractivity contribution in [3.63, 3.8) is 0 Å². The quantitative estimate of drug-likeness (QED) is 0.750. The normalized spacial score (nSPS) is 10.0. The molecule has 0 atom stereocenters. The molecule has 1 heterocycles. The molecule has 0 spiro atoms. The van der Waals surface area contributed by atoms with Crippen LogP contribution in [0.15, 0.2) is 43.0 Å². The lowest BCUT2D eigenvalue weighted by atomic mass is 10.1. The summed E-state index contributed by atoms with van der Waals surface area (Å²) < 4.78 is 0. The zero-order chi connectivity index (χ0) is 12.3. The molecule has 4 heteroatoms. The minimum absolute atomic E-state index is 0.0593. The highest BCUT2D eigenvalue weighted by atomic mass is 16.1. The number of nitrogens with zero attached hydrogens (tertiary/aromatic N) is 3. The van der Waals surface area contributed by atoms with E-state index < -0.39 is 0 Å². The van der Waals surface area contributed by atoms with Crippen LogP contribution < -0.4 is 4.90 Å². The van der Waals surface area contributed by atoms with E-state index in [9.17, 15) is 4.79 Å². The number of carbonyl (C=O) groups excluding carboxylic acids is 1. The molecule has 2 rings (SSSR count). The Bertz CT molecular complexity index is 506. The Balaban J connectivity index is 2.27. The molecular formula is C13H13N3O. The van der Waals surface area contributed by atoms with Gasteiger partial charge in [-0.05, 0) is 24.3 Å². The highest BCUT2D eigenvalue weighted by Gasteiger charge is 2.09. The van der Waals surface area contributed by atoms with Gasteiger partial charge in [-0.3, -0.25) is 4.79 Å². The van der Waals surface area contributed by atoms with E-state index in [1.165, 1.54) is 18.7 Å². The predicted octanol–water partition coefficient (Wildman–Crippen LogP) is 1.77. The van der Waals surface area contributed by atoms with E-state index in [1.54, 1.807) is 0 Å². The number of hydrogen-bond acceptors (Lipinski definition) is 4. The lowest BCUT2D eigenvalue weighted by molar-refractivity contribution is 0.103. The fourth-order valence-electron chi connectivity index (χ4n) is 1.49. The fraction of sp³-hybridized carbons (Fsp3) is 0.154. The third-order valence-corrected chi connectivity index (χ3v) is 2.47. The summed E-state index contributed by atoms with van der Waals surface area (Å²) in [6.07, 6.45) is 4.45. The Morgan fingerprint density at radius 3 is 2.12 bits per heavy atom. The second kappa shape index (κ2) is 4.74. The summed E-state index contributed by atoms with van der Waals surface area (Å²) in [4.78, 5) is 21.7. The molecule has 2 aromatic rings. The van der Waals surface area contributed by atoms with Crippen molar-refractivity contribution in [2.24, 2.45) is 0 Å². The Morgan fingerprint density at radius 1 is 1.00 bits per heavy atom. The molecule has 0 aliphatic heterocycles. The number of aromatic nitrogens is 2. The smallest absolute Gasteiger partial charge is 0.196 e. The minimum atomic E-state index is -0.0593. The molecule has 0 bridgehead atoms. The molecule has 86 valence electrons. The van der Waals surface area contributed by atoms with Gasteiger partial charge >= 0.3 is 0 Å². The van der Waals surface area contributed by atoms with E-state index in [4.69, 9.17) is 0 Å². The highest BCUT2D eigenvalue weighted by molar-refractivity contribution is 6.08. The van der Waals surface area contributed by atoms with Crippen molar-refractivity contribution in [2.75, 3.05) is 19.0 Å². The van der Waals surface area contributed by atoms with E-state index in [0.29, 0.717) is 11.1 Å². The van der Waals surface area contributed by atoms with Crippen molar-refractivity contribution in [1.82, 2.24) is 9.97 Å². The van der Waals surface area contributed by atoms with E-state index in [0.717, 1.165) is 5.69 Å². The molecular weight excluding hydrogens is 214 g/mol. The van der Waals surface area contributed by atoms with Crippen LogP contribution in [0, 0.1) is 0 Å². The van der Waals surface area contributed by atoms with Gasteiger partial charge in [-0.2, -0.15) is 0 Å². The Kier molecular flexibility index (Phi) is 3.14. The van der Waals surface area contributed by atoms with Crippen molar-refractivity contribution in [2.45, 2.75) is 0 Å². The first-order chi connectivity index (χ1) is 8.18. The molecule has 0 amide bonds. The monoisotopic (exact) mass is 227 g/mol. The van der Waals surface area contributed by atoms with Crippen molar-refractivity contribution >= 4 is 11.5 Å². The molecule has 1 aromatic carbocycles. The van der Waals surface area contributed by atoms with Gasteiger partial charge in [-0.25, -0.2) is 9.97 Å². The summed E-state index contributed by atoms with van der Waals surface area (Å²) in [5.74, 6) is -0.0593. The van der Waals surface area contributed by atoms with Crippen LogP contribution in [-0.2, 0) is 0 Å². The van der Waals surface area contributed by atoms with Crippen LogP contribution in [0.4, 0.5) is 5.69 Å². The third-order valence-electron chi connectivity index (χ3n) is 2.47. The van der Waals surface area contributed by atoms with Crippen LogP contribution in [0.1, 0.15) is 15.9 Å². The van der Waals surface area contributed by atoms with Crippen LogP contribution in [0.2, 0.25) is 0 Å². The summed E-state index contributed by atoms with van der Waals surface area (Å²) in [5, 5.41) is 0. The maximum atomic E-state index is 12.0. The maximum absolute atomic E-state index is 12.0. The number of ketones is 1. The molecule has 0 fully saturated rings. The molecule has 0 aliphatic carbocycles. The van der Waals surface area contributed by atoms with Gasteiger partial charge < -0.3 is 4.90 Å². The van der Waals surface area contributed by atoms with Gasteiger partial charge in [0.15, 0.2) is 5.78 Å². The van der Waals surface area contributed by atoms with Gasteiger partial charge in [0.2, 0.25) is 0 Å². The van der Waals surface area contributed by atoms with Crippen LogP contribution in [-0.4, -0.2) is 29.8 Å². The van der Waals surface area contributed by atoms with Gasteiger partial charge in [0.25, 0.3) is 0 Å². The first-order valence-electron chi connectivity index (χ1n) is 5.25. The van der Waals surface area contributed by atoms with Crippen molar-refractivity contribution in [1.29, 1.82) is 0 Å². The maximum Gasteiger partial charge on any atom is 0.196 e. The third kappa shape index (κ3) is 2.47. The van der Waals surface area contributed by atoms with Crippen LogP contribution in [0.5, 0.6) is 0 Å². The molecule has 4 nitrogen and oxygen atoms in total. The van der Waals surface area contributed by atoms with E-state index in [-0.39, 0.29) is 5.78 Å². The van der Waals surface area contributed by atoms with Gasteiger partial charge in [0.1, 0.15) is 6.33 Å². The summed E-state index contributed by atoms with van der Waals surface area (Å²) >= 11 is 0. The lowest BCUT2D eigenvalue weighted by Gasteiger charge is -2.12. The summed E-state index contributed by atoms with van der Waals surface area (Å²) in [5.41, 5.74) is 2.21. The molecule has 0 saturated carbocycles. The largest absolute Gasteiger partial charge is 0.378 e. The number of rotatable bonds is 3. The minimum Gasteiger partial charge on any atom is -0.378 e. The number of hydrogen-bond donors (Lipinski definition) is 0. The molecule has 0 unspecified atom stereocenters. The molecule has 0 aliphatic rings. The number of benzene rings is 1. The molecule has 0 N–H and O–H groups in total. The summed E-state index contributed by atoms with van der Waals surface area (Å²) in [7, 11) is 3.92. The van der Waals surface area contributed by atoms with Gasteiger partial charge in [-0.15, -0.1) is 0 Å². The molecule has 1 aromatic heterocycles. The lowest BCUT2D eigenvalue weighted by Crippen LogP contribution is -2.09. The predicted molar refractivity (Wildman–Crippen MR) is 66.2 cm³/mol. The Labute approximate surface area is 99.9 Å². The molecule has 17 heavy (non-hydrogen) atoms. The number of carbonyl (C=O) groups is 1. The zero-order valence-corrected chi connectivity index (χ0v) is 9.79. The Morgan fingerprint density at radius 2 is 1.59 bits per heavy atom. The van der Waals surface area contributed by atoms with Crippen molar-refractivity contribution in [3.05, 3.63) is 54.1 Å². The van der Waals surface area contributed by atoms with Crippen LogP contribution in [0.25, 0.3) is 0 Å².